The highest BCUT2D eigenvalue weighted by atomic mass is 19.1. The number of anilines is 1. The van der Waals surface area contributed by atoms with Gasteiger partial charge in [0.15, 0.2) is 11.6 Å². The molecule has 0 bridgehead atoms. The van der Waals surface area contributed by atoms with Crippen LogP contribution in [0.3, 0.4) is 0 Å². The summed E-state index contributed by atoms with van der Waals surface area (Å²) >= 11 is 0. The molecular weight excluding hydrogens is 267 g/mol. The van der Waals surface area contributed by atoms with Crippen molar-refractivity contribution in [2.24, 2.45) is 0 Å². The van der Waals surface area contributed by atoms with E-state index < -0.39 is 0 Å². The number of hydrogen-bond donors (Lipinski definition) is 1. The minimum absolute atomic E-state index is 0.131. The molecule has 1 saturated heterocycles. The zero-order valence-electron chi connectivity index (χ0n) is 13.4. The van der Waals surface area contributed by atoms with Gasteiger partial charge in [-0.1, -0.05) is 13.8 Å². The summed E-state index contributed by atoms with van der Waals surface area (Å²) in [5, 5.41) is 3.68. The number of halogens is 1. The highest BCUT2D eigenvalue weighted by molar-refractivity contribution is 5.50. The molecule has 1 N–H and O–H groups in total. The minimum Gasteiger partial charge on any atom is -0.491 e. The lowest BCUT2D eigenvalue weighted by Gasteiger charge is -2.36. The van der Waals surface area contributed by atoms with Crippen LogP contribution in [-0.2, 0) is 0 Å². The van der Waals surface area contributed by atoms with E-state index in [0.717, 1.165) is 44.6 Å². The number of benzene rings is 1. The number of ether oxygens (including phenoxy) is 1. The average molecular weight is 294 g/mol. The molecule has 0 spiro atoms. The van der Waals surface area contributed by atoms with Crippen molar-refractivity contribution in [3.8, 4) is 5.75 Å². The summed E-state index contributed by atoms with van der Waals surface area (Å²) < 4.78 is 19.4. The average Bonchev–Trinajstić information content (AvgIpc) is 2.73. The van der Waals surface area contributed by atoms with Crippen molar-refractivity contribution in [1.29, 1.82) is 0 Å². The van der Waals surface area contributed by atoms with Crippen molar-refractivity contribution in [3.63, 3.8) is 0 Å². The van der Waals surface area contributed by atoms with Gasteiger partial charge in [0.1, 0.15) is 0 Å². The molecule has 3 nitrogen and oxygen atoms in total. The predicted molar refractivity (Wildman–Crippen MR) is 85.7 cm³/mol. The number of nitrogens with one attached hydrogen (secondary N) is 1. The molecule has 0 aromatic heterocycles. The molecular formula is C17H27FN2O. The molecule has 0 atom stereocenters. The highest BCUT2D eigenvalue weighted by Crippen LogP contribution is 2.28. The van der Waals surface area contributed by atoms with E-state index >= 15 is 0 Å². The smallest absolute Gasteiger partial charge is 0.167 e. The zero-order chi connectivity index (χ0) is 15.3. The molecule has 2 rings (SSSR count). The molecule has 4 heteroatoms. The Morgan fingerprint density at radius 2 is 2.05 bits per heavy atom. The van der Waals surface area contributed by atoms with E-state index in [0.29, 0.717) is 12.4 Å². The molecule has 1 aromatic carbocycles. The summed E-state index contributed by atoms with van der Waals surface area (Å²) in [6.07, 6.45) is 3.25. The van der Waals surface area contributed by atoms with Gasteiger partial charge in [0.2, 0.25) is 0 Å². The van der Waals surface area contributed by atoms with Crippen molar-refractivity contribution in [3.05, 3.63) is 24.0 Å². The quantitative estimate of drug-likeness (QED) is 0.898. The standard InChI is InChI=1S/C17H27FN2O/c1-4-17(5-2)13-20(11-7-10-19-17)14-8-9-16(21-6-3)15(18)12-14/h8-9,12,19H,4-7,10-11,13H2,1-3H3. The molecule has 1 aliphatic heterocycles. The fraction of sp³-hybridized carbons (Fsp3) is 0.647. The third kappa shape index (κ3) is 3.67. The SMILES string of the molecule is CCOc1ccc(N2CCCNC(CC)(CC)C2)cc1F. The van der Waals surface area contributed by atoms with E-state index in [1.54, 1.807) is 12.1 Å². The summed E-state index contributed by atoms with van der Waals surface area (Å²) in [6.45, 7) is 9.70. The number of hydrogen-bond acceptors (Lipinski definition) is 3. The second kappa shape index (κ2) is 7.12. The van der Waals surface area contributed by atoms with Gasteiger partial charge in [0.05, 0.1) is 6.61 Å². The van der Waals surface area contributed by atoms with E-state index in [1.807, 2.05) is 13.0 Å². The van der Waals surface area contributed by atoms with Crippen LogP contribution in [-0.4, -0.2) is 31.8 Å². The fourth-order valence-electron chi connectivity index (χ4n) is 3.03. The molecule has 1 aliphatic rings. The lowest BCUT2D eigenvalue weighted by molar-refractivity contribution is 0.319. The van der Waals surface area contributed by atoms with Gasteiger partial charge in [-0.05, 0) is 44.9 Å². The molecule has 0 aliphatic carbocycles. The molecule has 0 unspecified atom stereocenters. The summed E-state index contributed by atoms with van der Waals surface area (Å²) in [6, 6.07) is 5.31. The van der Waals surface area contributed by atoms with E-state index in [4.69, 9.17) is 4.74 Å². The fourth-order valence-corrected chi connectivity index (χ4v) is 3.03. The molecule has 1 aromatic rings. The Bertz CT molecular complexity index is 460. The van der Waals surface area contributed by atoms with Crippen LogP contribution in [0.25, 0.3) is 0 Å². The summed E-state index contributed by atoms with van der Waals surface area (Å²) in [5.41, 5.74) is 1.08. The van der Waals surface area contributed by atoms with Crippen LogP contribution in [0.5, 0.6) is 5.75 Å². The first kappa shape index (κ1) is 16.1. The van der Waals surface area contributed by atoms with Gasteiger partial charge in [-0.15, -0.1) is 0 Å². The molecule has 1 heterocycles. The monoisotopic (exact) mass is 294 g/mol. The van der Waals surface area contributed by atoms with E-state index in [1.165, 1.54) is 0 Å². The Labute approximate surface area is 127 Å². The van der Waals surface area contributed by atoms with Crippen molar-refractivity contribution in [2.45, 2.75) is 45.6 Å². The largest absolute Gasteiger partial charge is 0.491 e. The van der Waals surface area contributed by atoms with Crippen LogP contribution < -0.4 is 15.0 Å². The maximum atomic E-state index is 14.1. The van der Waals surface area contributed by atoms with Crippen LogP contribution in [0.4, 0.5) is 10.1 Å². The van der Waals surface area contributed by atoms with Crippen LogP contribution in [0.1, 0.15) is 40.0 Å². The molecule has 118 valence electrons. The second-order valence-electron chi connectivity index (χ2n) is 5.74. The molecule has 0 amide bonds. The normalized spacial score (nSPS) is 18.4. The highest BCUT2D eigenvalue weighted by Gasteiger charge is 2.30. The Hall–Kier alpha value is -1.29. The Kier molecular flexibility index (Phi) is 5.45. The lowest BCUT2D eigenvalue weighted by atomic mass is 9.92. The first-order chi connectivity index (χ1) is 10.1. The summed E-state index contributed by atoms with van der Waals surface area (Å²) in [7, 11) is 0. The van der Waals surface area contributed by atoms with Gasteiger partial charge >= 0.3 is 0 Å². The third-order valence-corrected chi connectivity index (χ3v) is 4.53. The van der Waals surface area contributed by atoms with Crippen molar-refractivity contribution < 1.29 is 9.13 Å². The minimum atomic E-state index is -0.273. The lowest BCUT2D eigenvalue weighted by Crippen LogP contribution is -2.50. The predicted octanol–water partition coefficient (Wildman–Crippen LogP) is 3.58. The summed E-state index contributed by atoms with van der Waals surface area (Å²) in [4.78, 5) is 2.30. The zero-order valence-corrected chi connectivity index (χ0v) is 13.4. The molecule has 21 heavy (non-hydrogen) atoms. The molecule has 1 fully saturated rings. The number of nitrogens with zero attached hydrogens (tertiary/aromatic N) is 1. The Morgan fingerprint density at radius 3 is 2.67 bits per heavy atom. The second-order valence-corrected chi connectivity index (χ2v) is 5.74. The van der Waals surface area contributed by atoms with Crippen LogP contribution in [0.2, 0.25) is 0 Å². The van der Waals surface area contributed by atoms with Gasteiger partial charge in [0.25, 0.3) is 0 Å². The third-order valence-electron chi connectivity index (χ3n) is 4.53. The Morgan fingerprint density at radius 1 is 1.29 bits per heavy atom. The van der Waals surface area contributed by atoms with Gasteiger partial charge < -0.3 is 15.0 Å². The molecule has 0 radical (unpaired) electrons. The first-order valence-corrected chi connectivity index (χ1v) is 8.06. The van der Waals surface area contributed by atoms with Gasteiger partial charge in [-0.25, -0.2) is 4.39 Å². The summed E-state index contributed by atoms with van der Waals surface area (Å²) in [5.74, 6) is 0.0663. The Balaban J connectivity index is 2.21. The van der Waals surface area contributed by atoms with Crippen molar-refractivity contribution in [1.82, 2.24) is 5.32 Å². The molecule has 0 saturated carbocycles. The van der Waals surface area contributed by atoms with E-state index in [-0.39, 0.29) is 11.4 Å². The van der Waals surface area contributed by atoms with Gasteiger partial charge in [-0.2, -0.15) is 0 Å². The number of rotatable bonds is 5. The van der Waals surface area contributed by atoms with Crippen LogP contribution in [0, 0.1) is 5.82 Å². The van der Waals surface area contributed by atoms with Crippen LogP contribution in [0.15, 0.2) is 18.2 Å². The van der Waals surface area contributed by atoms with Crippen molar-refractivity contribution in [2.75, 3.05) is 31.1 Å². The van der Waals surface area contributed by atoms with Crippen LogP contribution >= 0.6 is 0 Å². The van der Waals surface area contributed by atoms with Crippen molar-refractivity contribution >= 4 is 5.69 Å². The first-order valence-electron chi connectivity index (χ1n) is 8.06. The van der Waals surface area contributed by atoms with Gasteiger partial charge in [-0.3, -0.25) is 0 Å². The van der Waals surface area contributed by atoms with E-state index in [2.05, 4.69) is 24.1 Å². The van der Waals surface area contributed by atoms with E-state index in [9.17, 15) is 4.39 Å². The maximum absolute atomic E-state index is 14.1. The van der Waals surface area contributed by atoms with Gasteiger partial charge in [0, 0.05) is 30.4 Å². The maximum Gasteiger partial charge on any atom is 0.167 e. The topological polar surface area (TPSA) is 24.5 Å².